The van der Waals surface area contributed by atoms with Crippen LogP contribution in [0.2, 0.25) is 0 Å². The van der Waals surface area contributed by atoms with Crippen molar-refractivity contribution < 1.29 is 22.7 Å². The third-order valence-corrected chi connectivity index (χ3v) is 7.94. The maximum Gasteiger partial charge on any atom is 0.416 e. The predicted octanol–water partition coefficient (Wildman–Crippen LogP) is 6.21. The summed E-state index contributed by atoms with van der Waals surface area (Å²) in [6.07, 6.45) is -0.842. The van der Waals surface area contributed by atoms with Crippen molar-refractivity contribution in [3.8, 4) is 11.1 Å². The van der Waals surface area contributed by atoms with Crippen molar-refractivity contribution in [1.82, 2.24) is 10.2 Å². The number of amides is 1. The molecular weight excluding hydrogens is 441 g/mol. The van der Waals surface area contributed by atoms with Crippen molar-refractivity contribution in [2.45, 2.75) is 57.9 Å². The SMILES string of the molecule is CC1(C)CCc2ccc(-c3ccc(C(F)(F)F)cc3)cc2C1NC(=O)O[C@@H]1CN2CCC1CC2. The second kappa shape index (κ2) is 8.59. The molecule has 7 heteroatoms. The van der Waals surface area contributed by atoms with Crippen LogP contribution in [0.3, 0.4) is 0 Å². The van der Waals surface area contributed by atoms with Crippen LogP contribution in [-0.2, 0) is 17.3 Å². The Bertz CT molecular complexity index is 1060. The summed E-state index contributed by atoms with van der Waals surface area (Å²) in [5, 5.41) is 3.15. The number of nitrogens with zero attached hydrogens (tertiary/aromatic N) is 1. The van der Waals surface area contributed by atoms with Crippen LogP contribution in [0.15, 0.2) is 42.5 Å². The summed E-state index contributed by atoms with van der Waals surface area (Å²) in [5.74, 6) is 0.439. The lowest BCUT2D eigenvalue weighted by Crippen LogP contribution is -2.53. The summed E-state index contributed by atoms with van der Waals surface area (Å²) in [6, 6.07) is 11.0. The van der Waals surface area contributed by atoms with Gasteiger partial charge in [0.15, 0.2) is 0 Å². The molecule has 2 aromatic rings. The standard InChI is InChI=1S/C27H31F3N2O2/c1-26(2)12-9-18-3-4-20(17-5-7-21(8-6-17)27(28,29)30)15-22(18)24(26)31-25(33)34-23-16-32-13-10-19(23)11-14-32/h3-8,15,19,23-24H,9-14,16H2,1-2H3,(H,31,33)/t23-,24?/m1/s1. The number of alkyl halides is 3. The minimum Gasteiger partial charge on any atom is -0.445 e. The molecule has 3 heterocycles. The van der Waals surface area contributed by atoms with Crippen molar-refractivity contribution >= 4 is 6.09 Å². The van der Waals surface area contributed by atoms with E-state index in [1.807, 2.05) is 18.2 Å². The van der Waals surface area contributed by atoms with Gasteiger partial charge < -0.3 is 10.1 Å². The molecule has 3 saturated heterocycles. The fraction of sp³-hybridized carbons (Fsp3) is 0.519. The van der Waals surface area contributed by atoms with E-state index < -0.39 is 11.7 Å². The van der Waals surface area contributed by atoms with E-state index in [0.29, 0.717) is 11.5 Å². The van der Waals surface area contributed by atoms with Gasteiger partial charge in [0, 0.05) is 6.54 Å². The summed E-state index contributed by atoms with van der Waals surface area (Å²) in [6.45, 7) is 7.25. The van der Waals surface area contributed by atoms with Gasteiger partial charge in [0.05, 0.1) is 11.6 Å². The van der Waals surface area contributed by atoms with Crippen LogP contribution in [0.4, 0.5) is 18.0 Å². The molecule has 0 radical (unpaired) electrons. The first-order chi connectivity index (χ1) is 16.1. The highest BCUT2D eigenvalue weighted by Crippen LogP contribution is 2.45. The van der Waals surface area contributed by atoms with Gasteiger partial charge in [0.1, 0.15) is 6.10 Å². The van der Waals surface area contributed by atoms with E-state index in [4.69, 9.17) is 4.74 Å². The number of ether oxygens (including phenoxy) is 1. The summed E-state index contributed by atoms with van der Waals surface area (Å²) in [5.41, 5.74) is 2.88. The largest absolute Gasteiger partial charge is 0.445 e. The Morgan fingerprint density at radius 3 is 2.35 bits per heavy atom. The monoisotopic (exact) mass is 472 g/mol. The van der Waals surface area contributed by atoms with Gasteiger partial charge in [0.25, 0.3) is 0 Å². The maximum atomic E-state index is 13.0. The lowest BCUT2D eigenvalue weighted by molar-refractivity contribution is -0.137. The number of alkyl carbamates (subject to hydrolysis) is 1. The minimum atomic E-state index is -4.36. The molecular formula is C27H31F3N2O2. The number of carbonyl (C=O) groups excluding carboxylic acids is 1. The van der Waals surface area contributed by atoms with Crippen molar-refractivity contribution in [2.24, 2.45) is 11.3 Å². The van der Waals surface area contributed by atoms with Gasteiger partial charge in [-0.15, -0.1) is 0 Å². The van der Waals surface area contributed by atoms with E-state index in [1.54, 1.807) is 0 Å². The number of halogens is 3. The zero-order chi connectivity index (χ0) is 24.1. The topological polar surface area (TPSA) is 41.6 Å². The Labute approximate surface area is 198 Å². The lowest BCUT2D eigenvalue weighted by atomic mass is 9.70. The van der Waals surface area contributed by atoms with Crippen LogP contribution in [0.25, 0.3) is 11.1 Å². The molecule has 4 nitrogen and oxygen atoms in total. The molecule has 2 aromatic carbocycles. The fourth-order valence-electron chi connectivity index (χ4n) is 5.75. The van der Waals surface area contributed by atoms with E-state index in [9.17, 15) is 18.0 Å². The van der Waals surface area contributed by atoms with Crippen molar-refractivity contribution in [3.63, 3.8) is 0 Å². The van der Waals surface area contributed by atoms with Gasteiger partial charge in [-0.1, -0.05) is 38.1 Å². The Balaban J connectivity index is 1.37. The number of benzene rings is 2. The maximum absolute atomic E-state index is 13.0. The molecule has 1 N–H and O–H groups in total. The summed E-state index contributed by atoms with van der Waals surface area (Å²) in [7, 11) is 0. The average Bonchev–Trinajstić information content (AvgIpc) is 2.81. The van der Waals surface area contributed by atoms with E-state index in [2.05, 4.69) is 24.1 Å². The van der Waals surface area contributed by atoms with Gasteiger partial charge in [-0.05, 0) is 90.6 Å². The van der Waals surface area contributed by atoms with Crippen LogP contribution >= 0.6 is 0 Å². The third-order valence-electron chi connectivity index (χ3n) is 7.94. The molecule has 182 valence electrons. The molecule has 3 fully saturated rings. The molecule has 4 aliphatic rings. The summed E-state index contributed by atoms with van der Waals surface area (Å²) >= 11 is 0. The molecule has 0 saturated carbocycles. The van der Waals surface area contributed by atoms with Gasteiger partial charge in [-0.3, -0.25) is 4.90 Å². The minimum absolute atomic E-state index is 0.0628. The molecule has 0 aromatic heterocycles. The average molecular weight is 473 g/mol. The van der Waals surface area contributed by atoms with E-state index in [-0.39, 0.29) is 23.7 Å². The Morgan fingerprint density at radius 2 is 1.74 bits per heavy atom. The zero-order valence-electron chi connectivity index (χ0n) is 19.6. The number of carbonyl (C=O) groups is 1. The number of hydrogen-bond acceptors (Lipinski definition) is 3. The molecule has 1 aliphatic carbocycles. The molecule has 34 heavy (non-hydrogen) atoms. The molecule has 2 atom stereocenters. The summed E-state index contributed by atoms with van der Waals surface area (Å²) < 4.78 is 44.8. The highest BCUT2D eigenvalue weighted by molar-refractivity contribution is 5.70. The van der Waals surface area contributed by atoms with Crippen molar-refractivity contribution in [1.29, 1.82) is 0 Å². The predicted molar refractivity (Wildman–Crippen MR) is 124 cm³/mol. The van der Waals surface area contributed by atoms with E-state index in [1.165, 1.54) is 12.1 Å². The highest BCUT2D eigenvalue weighted by atomic mass is 19.4. The molecule has 1 unspecified atom stereocenters. The summed E-state index contributed by atoms with van der Waals surface area (Å²) in [4.78, 5) is 15.3. The first-order valence-electron chi connectivity index (χ1n) is 12.1. The number of hydrogen-bond donors (Lipinski definition) is 1. The van der Waals surface area contributed by atoms with Crippen molar-refractivity contribution in [3.05, 3.63) is 59.2 Å². The van der Waals surface area contributed by atoms with Crippen LogP contribution < -0.4 is 5.32 Å². The van der Waals surface area contributed by atoms with Gasteiger partial charge in [-0.2, -0.15) is 13.2 Å². The Kier molecular flexibility index (Phi) is 5.87. The lowest BCUT2D eigenvalue weighted by Gasteiger charge is -2.44. The zero-order valence-corrected chi connectivity index (χ0v) is 19.6. The Morgan fingerprint density at radius 1 is 1.06 bits per heavy atom. The van der Waals surface area contributed by atoms with Gasteiger partial charge in [-0.25, -0.2) is 4.79 Å². The first-order valence-corrected chi connectivity index (χ1v) is 12.1. The first kappa shape index (κ1) is 23.2. The molecule has 0 spiro atoms. The van der Waals surface area contributed by atoms with Crippen LogP contribution in [0, 0.1) is 11.3 Å². The normalized spacial score (nSPS) is 27.7. The van der Waals surface area contributed by atoms with E-state index >= 15 is 0 Å². The van der Waals surface area contributed by atoms with Gasteiger partial charge in [0.2, 0.25) is 0 Å². The Hall–Kier alpha value is -2.54. The molecule has 6 rings (SSSR count). The molecule has 2 bridgehead atoms. The molecule has 1 amide bonds. The van der Waals surface area contributed by atoms with Crippen molar-refractivity contribution in [2.75, 3.05) is 19.6 Å². The highest BCUT2D eigenvalue weighted by Gasteiger charge is 2.40. The van der Waals surface area contributed by atoms with Crippen LogP contribution in [0.1, 0.15) is 55.8 Å². The van der Waals surface area contributed by atoms with E-state index in [0.717, 1.165) is 74.1 Å². The quantitative estimate of drug-likeness (QED) is 0.578. The van der Waals surface area contributed by atoms with Gasteiger partial charge >= 0.3 is 12.3 Å². The number of fused-ring (bicyclic) bond motifs is 4. The third kappa shape index (κ3) is 4.54. The number of piperidine rings is 3. The molecule has 3 aliphatic heterocycles. The number of aryl methyl sites for hydroxylation is 1. The van der Waals surface area contributed by atoms with Crippen LogP contribution in [0.5, 0.6) is 0 Å². The van der Waals surface area contributed by atoms with Crippen LogP contribution in [-0.4, -0.2) is 36.7 Å². The fourth-order valence-corrected chi connectivity index (χ4v) is 5.75. The second-order valence-electron chi connectivity index (χ2n) is 10.6. The number of rotatable bonds is 3. The second-order valence-corrected chi connectivity index (χ2v) is 10.6. The number of nitrogens with one attached hydrogen (secondary N) is 1. The smallest absolute Gasteiger partial charge is 0.416 e.